The molecule has 3 N–H and O–H groups in total. The number of anilines is 1. The summed E-state index contributed by atoms with van der Waals surface area (Å²) in [7, 11) is 0. The number of hydrogen-bond acceptors (Lipinski definition) is 4. The minimum Gasteiger partial charge on any atom is -0.449 e. The van der Waals surface area contributed by atoms with Crippen LogP contribution in [0.25, 0.3) is 11.3 Å². The molecule has 2 rings (SSSR count). The Labute approximate surface area is 118 Å². The minimum atomic E-state index is 0.0171. The molecule has 0 fully saturated rings. The number of amides is 1. The molecular weight excluding hydrogens is 254 g/mol. The summed E-state index contributed by atoms with van der Waals surface area (Å²) in [5.41, 5.74) is 7.94. The number of nitrogens with two attached hydrogens (primary N) is 1. The van der Waals surface area contributed by atoms with Gasteiger partial charge in [0.25, 0.3) is 0 Å². The van der Waals surface area contributed by atoms with Gasteiger partial charge in [-0.1, -0.05) is 12.1 Å². The van der Waals surface area contributed by atoms with Crippen LogP contribution in [-0.4, -0.2) is 17.4 Å². The number of nitrogens with zero attached hydrogens (tertiary/aromatic N) is 1. The van der Waals surface area contributed by atoms with Crippen molar-refractivity contribution < 1.29 is 9.21 Å². The maximum Gasteiger partial charge on any atom is 0.224 e. The summed E-state index contributed by atoms with van der Waals surface area (Å²) in [6.45, 7) is 2.43. The first kappa shape index (κ1) is 14.3. The number of rotatable bonds is 6. The largest absolute Gasteiger partial charge is 0.449 e. The Hall–Kier alpha value is -2.14. The third kappa shape index (κ3) is 3.93. The first-order valence-corrected chi connectivity index (χ1v) is 6.71. The number of aromatic nitrogens is 1. The predicted molar refractivity (Wildman–Crippen MR) is 78.2 cm³/mol. The van der Waals surface area contributed by atoms with Crippen molar-refractivity contribution in [2.45, 2.75) is 26.2 Å². The fourth-order valence-corrected chi connectivity index (χ4v) is 1.87. The van der Waals surface area contributed by atoms with Crippen LogP contribution in [0.1, 0.15) is 25.2 Å². The zero-order valence-electron chi connectivity index (χ0n) is 11.6. The summed E-state index contributed by atoms with van der Waals surface area (Å²) in [5, 5.41) is 2.86. The number of aryl methyl sites for hydroxylation is 1. The van der Waals surface area contributed by atoms with Crippen LogP contribution in [0.15, 0.2) is 34.9 Å². The number of hydrogen-bond donors (Lipinski definition) is 2. The van der Waals surface area contributed by atoms with Crippen molar-refractivity contribution in [1.29, 1.82) is 0 Å². The maximum atomic E-state index is 11.7. The summed E-state index contributed by atoms with van der Waals surface area (Å²) >= 11 is 0. The van der Waals surface area contributed by atoms with E-state index >= 15 is 0 Å². The maximum absolute atomic E-state index is 11.7. The predicted octanol–water partition coefficient (Wildman–Crippen LogP) is 2.72. The van der Waals surface area contributed by atoms with Crippen LogP contribution in [0.2, 0.25) is 0 Å². The average Bonchev–Trinajstić information content (AvgIpc) is 2.86. The van der Waals surface area contributed by atoms with Gasteiger partial charge >= 0.3 is 0 Å². The van der Waals surface area contributed by atoms with Crippen LogP contribution in [-0.2, 0) is 4.79 Å². The number of benzene rings is 1. The molecule has 1 amide bonds. The zero-order valence-corrected chi connectivity index (χ0v) is 11.6. The van der Waals surface area contributed by atoms with Gasteiger partial charge in [0, 0.05) is 24.6 Å². The Bertz CT molecular complexity index is 561. The molecule has 1 heterocycles. The summed E-state index contributed by atoms with van der Waals surface area (Å²) in [4.78, 5) is 15.9. The molecule has 1 aromatic carbocycles. The SMILES string of the molecule is Cc1nc(-c2ccc(NC(=O)CCCCN)cc2)co1. The molecule has 5 heteroatoms. The lowest BCUT2D eigenvalue weighted by atomic mass is 10.1. The molecule has 106 valence electrons. The molecule has 0 atom stereocenters. The third-order valence-corrected chi connectivity index (χ3v) is 2.94. The molecule has 0 radical (unpaired) electrons. The van der Waals surface area contributed by atoms with Crippen molar-refractivity contribution in [3.63, 3.8) is 0 Å². The van der Waals surface area contributed by atoms with Crippen molar-refractivity contribution in [1.82, 2.24) is 4.98 Å². The van der Waals surface area contributed by atoms with E-state index < -0.39 is 0 Å². The number of unbranched alkanes of at least 4 members (excludes halogenated alkanes) is 1. The second-order valence-corrected chi connectivity index (χ2v) is 4.62. The molecular formula is C15H19N3O2. The molecule has 0 aliphatic heterocycles. The number of carbonyl (C=O) groups is 1. The standard InChI is InChI=1S/C15H19N3O2/c1-11-17-14(10-20-11)12-5-7-13(8-6-12)18-15(19)4-2-3-9-16/h5-8,10H,2-4,9,16H2,1H3,(H,18,19). The summed E-state index contributed by atoms with van der Waals surface area (Å²) in [6.07, 6.45) is 3.81. The van der Waals surface area contributed by atoms with Gasteiger partial charge in [-0.3, -0.25) is 4.79 Å². The quantitative estimate of drug-likeness (QED) is 0.793. The molecule has 20 heavy (non-hydrogen) atoms. The van der Waals surface area contributed by atoms with Gasteiger partial charge in [-0.2, -0.15) is 0 Å². The van der Waals surface area contributed by atoms with Gasteiger partial charge < -0.3 is 15.5 Å². The van der Waals surface area contributed by atoms with E-state index in [1.165, 1.54) is 0 Å². The van der Waals surface area contributed by atoms with Gasteiger partial charge in [-0.05, 0) is 31.5 Å². The van der Waals surface area contributed by atoms with E-state index in [-0.39, 0.29) is 5.91 Å². The van der Waals surface area contributed by atoms with Gasteiger partial charge in [-0.15, -0.1) is 0 Å². The highest BCUT2D eigenvalue weighted by Gasteiger charge is 2.05. The fourth-order valence-electron chi connectivity index (χ4n) is 1.87. The van der Waals surface area contributed by atoms with Crippen LogP contribution in [0.4, 0.5) is 5.69 Å². The summed E-state index contributed by atoms with van der Waals surface area (Å²) in [6, 6.07) is 7.54. The molecule has 0 saturated carbocycles. The molecule has 0 aliphatic rings. The van der Waals surface area contributed by atoms with Crippen molar-refractivity contribution in [3.05, 3.63) is 36.4 Å². The second kappa shape index (κ2) is 6.86. The first-order valence-electron chi connectivity index (χ1n) is 6.71. The minimum absolute atomic E-state index is 0.0171. The zero-order chi connectivity index (χ0) is 14.4. The second-order valence-electron chi connectivity index (χ2n) is 4.62. The lowest BCUT2D eigenvalue weighted by Gasteiger charge is -2.05. The summed E-state index contributed by atoms with van der Waals surface area (Å²) < 4.78 is 5.18. The average molecular weight is 273 g/mol. The van der Waals surface area contributed by atoms with Gasteiger partial charge in [0.1, 0.15) is 12.0 Å². The highest BCUT2D eigenvalue weighted by atomic mass is 16.3. The number of oxazole rings is 1. The molecule has 0 spiro atoms. The van der Waals surface area contributed by atoms with E-state index in [4.69, 9.17) is 10.2 Å². The van der Waals surface area contributed by atoms with Gasteiger partial charge in [-0.25, -0.2) is 4.98 Å². The summed E-state index contributed by atoms with van der Waals surface area (Å²) in [5.74, 6) is 0.653. The van der Waals surface area contributed by atoms with Crippen molar-refractivity contribution >= 4 is 11.6 Å². The first-order chi connectivity index (χ1) is 9.69. The van der Waals surface area contributed by atoms with E-state index in [0.717, 1.165) is 29.8 Å². The van der Waals surface area contributed by atoms with Crippen LogP contribution in [0.3, 0.4) is 0 Å². The van der Waals surface area contributed by atoms with E-state index in [9.17, 15) is 4.79 Å². The van der Waals surface area contributed by atoms with Crippen LogP contribution < -0.4 is 11.1 Å². The number of carbonyl (C=O) groups excluding carboxylic acids is 1. The lowest BCUT2D eigenvalue weighted by molar-refractivity contribution is -0.116. The Morgan fingerprint density at radius 2 is 2.05 bits per heavy atom. The van der Waals surface area contributed by atoms with E-state index in [0.29, 0.717) is 18.9 Å². The van der Waals surface area contributed by atoms with Gasteiger partial charge in [0.05, 0.1) is 0 Å². The highest BCUT2D eigenvalue weighted by Crippen LogP contribution is 2.20. The van der Waals surface area contributed by atoms with Crippen molar-refractivity contribution in [2.24, 2.45) is 5.73 Å². The van der Waals surface area contributed by atoms with Crippen molar-refractivity contribution in [3.8, 4) is 11.3 Å². The monoisotopic (exact) mass is 273 g/mol. The van der Waals surface area contributed by atoms with Gasteiger partial charge in [0.15, 0.2) is 5.89 Å². The molecule has 5 nitrogen and oxygen atoms in total. The van der Waals surface area contributed by atoms with Crippen molar-refractivity contribution in [2.75, 3.05) is 11.9 Å². The van der Waals surface area contributed by atoms with Gasteiger partial charge in [0.2, 0.25) is 5.91 Å². The molecule has 0 saturated heterocycles. The molecule has 1 aromatic heterocycles. The highest BCUT2D eigenvalue weighted by molar-refractivity contribution is 5.90. The number of nitrogens with one attached hydrogen (secondary N) is 1. The lowest BCUT2D eigenvalue weighted by Crippen LogP contribution is -2.11. The topological polar surface area (TPSA) is 81.2 Å². The Kier molecular flexibility index (Phi) is 4.90. The van der Waals surface area contributed by atoms with Crippen LogP contribution in [0, 0.1) is 6.92 Å². The molecule has 0 unspecified atom stereocenters. The molecule has 2 aromatic rings. The Balaban J connectivity index is 1.93. The Morgan fingerprint density at radius 3 is 2.65 bits per heavy atom. The normalized spacial score (nSPS) is 10.5. The van der Waals surface area contributed by atoms with E-state index in [1.54, 1.807) is 13.2 Å². The molecule has 0 bridgehead atoms. The smallest absolute Gasteiger partial charge is 0.224 e. The van der Waals surface area contributed by atoms with E-state index in [1.807, 2.05) is 24.3 Å². The molecule has 0 aliphatic carbocycles. The van der Waals surface area contributed by atoms with Crippen LogP contribution in [0.5, 0.6) is 0 Å². The van der Waals surface area contributed by atoms with Crippen LogP contribution >= 0.6 is 0 Å². The van der Waals surface area contributed by atoms with E-state index in [2.05, 4.69) is 10.3 Å². The third-order valence-electron chi connectivity index (χ3n) is 2.94. The Morgan fingerprint density at radius 1 is 1.30 bits per heavy atom. The fraction of sp³-hybridized carbons (Fsp3) is 0.333.